The maximum absolute atomic E-state index is 7.54. The number of pyridine rings is 1. The Morgan fingerprint density at radius 1 is 1.21 bits per heavy atom. The second kappa shape index (κ2) is 4.58. The third-order valence-corrected chi connectivity index (χ3v) is 3.64. The Bertz CT molecular complexity index is 740. The normalized spacial score (nSPS) is 16.6. The minimum atomic E-state index is -2.08. The van der Waals surface area contributed by atoms with E-state index >= 15 is 0 Å². The van der Waals surface area contributed by atoms with Crippen LogP contribution >= 0.6 is 0 Å². The molecule has 0 fully saturated rings. The van der Waals surface area contributed by atoms with E-state index in [9.17, 15) is 0 Å². The Labute approximate surface area is 119 Å². The molecule has 0 N–H and O–H groups in total. The lowest BCUT2D eigenvalue weighted by atomic mass is 9.49. The van der Waals surface area contributed by atoms with Crippen molar-refractivity contribution in [3.8, 4) is 0 Å². The molecule has 2 nitrogen and oxygen atoms in total. The van der Waals surface area contributed by atoms with Crippen molar-refractivity contribution >= 4 is 24.0 Å². The fraction of sp³-hybridized carbons (Fsp3) is 0.188. The molecule has 94 valence electrons. The number of aromatic nitrogens is 1. The molecular formula is C16H18BN2+. The first-order valence-corrected chi connectivity index (χ1v) is 6.37. The lowest BCUT2D eigenvalue weighted by Gasteiger charge is -2.26. The molecule has 2 aromatic rings. The van der Waals surface area contributed by atoms with Crippen molar-refractivity contribution in [2.45, 2.75) is 6.85 Å². The lowest BCUT2D eigenvalue weighted by Crippen LogP contribution is -2.65. The van der Waals surface area contributed by atoms with Gasteiger partial charge >= 0.3 is 6.85 Å². The van der Waals surface area contributed by atoms with Crippen LogP contribution in [0.3, 0.4) is 0 Å². The van der Waals surface area contributed by atoms with Gasteiger partial charge in [0.25, 0.3) is 0 Å². The van der Waals surface area contributed by atoms with Crippen molar-refractivity contribution in [2.75, 3.05) is 7.05 Å². The highest BCUT2D eigenvalue weighted by Crippen LogP contribution is 2.09. The second-order valence-electron chi connectivity index (χ2n) is 4.97. The van der Waals surface area contributed by atoms with Crippen LogP contribution in [0, 0.1) is 6.85 Å². The van der Waals surface area contributed by atoms with E-state index in [1.165, 1.54) is 11.0 Å². The summed E-state index contributed by atoms with van der Waals surface area (Å²) in [5, 5.41) is 0. The second-order valence-corrected chi connectivity index (χ2v) is 4.97. The average molecular weight is 252 g/mol. The molecule has 0 saturated carbocycles. The van der Waals surface area contributed by atoms with Gasteiger partial charge in [-0.15, -0.1) is 0 Å². The Morgan fingerprint density at radius 2 is 2.05 bits per heavy atom. The summed E-state index contributed by atoms with van der Waals surface area (Å²) in [6, 6.07) is 11.9. The van der Waals surface area contributed by atoms with Gasteiger partial charge in [0.1, 0.15) is 7.05 Å². The van der Waals surface area contributed by atoms with Crippen molar-refractivity contribution in [2.24, 2.45) is 7.05 Å². The molecule has 3 heteroatoms. The van der Waals surface area contributed by atoms with Gasteiger partial charge in [-0.2, -0.15) is 0 Å². The number of fused-ring (bicyclic) bond motifs is 1. The van der Waals surface area contributed by atoms with Crippen LogP contribution in [0.15, 0.2) is 48.8 Å². The monoisotopic (exact) mass is 252 g/mol. The van der Waals surface area contributed by atoms with E-state index in [2.05, 4.69) is 29.2 Å². The van der Waals surface area contributed by atoms with Crippen LogP contribution in [0.5, 0.6) is 0 Å². The van der Waals surface area contributed by atoms with E-state index in [0.29, 0.717) is 5.56 Å². The van der Waals surface area contributed by atoms with Gasteiger partial charge in [-0.25, -0.2) is 4.57 Å². The first-order valence-electron chi connectivity index (χ1n) is 7.87. The van der Waals surface area contributed by atoms with Gasteiger partial charge < -0.3 is 4.81 Å². The van der Waals surface area contributed by atoms with Crippen LogP contribution in [0.2, 0.25) is 0 Å². The van der Waals surface area contributed by atoms with E-state index < -0.39 is 6.85 Å². The summed E-state index contributed by atoms with van der Waals surface area (Å²) in [7, 11) is 3.94. The summed E-state index contributed by atoms with van der Waals surface area (Å²) in [4.78, 5) is 2.15. The largest absolute Gasteiger partial charge is 0.411 e. The predicted octanol–water partition coefficient (Wildman–Crippen LogP) is 0.841. The molecule has 0 amide bonds. The molecule has 1 aliphatic rings. The van der Waals surface area contributed by atoms with Gasteiger partial charge in [-0.05, 0) is 49.3 Å². The quantitative estimate of drug-likeness (QED) is 0.539. The molecule has 0 saturated heterocycles. The van der Waals surface area contributed by atoms with Crippen LogP contribution in [0.1, 0.15) is 15.2 Å². The maximum atomic E-state index is 7.54. The number of nitrogens with zero attached hydrogens (tertiary/aromatic N) is 2. The smallest absolute Gasteiger partial charge is 0.403 e. The molecular weight excluding hydrogens is 231 g/mol. The first kappa shape index (κ1) is 8.97. The van der Waals surface area contributed by atoms with E-state index in [4.69, 9.17) is 4.11 Å². The predicted molar refractivity (Wildman–Crippen MR) is 80.6 cm³/mol. The van der Waals surface area contributed by atoms with Crippen LogP contribution in [0.4, 0.5) is 0 Å². The average Bonchev–Trinajstić information content (AvgIpc) is 2.47. The molecule has 0 atom stereocenters. The van der Waals surface area contributed by atoms with Gasteiger partial charge in [0.2, 0.25) is 0 Å². The third-order valence-electron chi connectivity index (χ3n) is 3.64. The van der Waals surface area contributed by atoms with Crippen molar-refractivity contribution < 1.29 is 8.68 Å². The summed E-state index contributed by atoms with van der Waals surface area (Å²) in [6.07, 6.45) is 5.87. The maximum Gasteiger partial charge on any atom is 0.403 e. The van der Waals surface area contributed by atoms with Gasteiger partial charge in [-0.1, -0.05) is 24.3 Å². The molecule has 0 bridgehead atoms. The van der Waals surface area contributed by atoms with Crippen LogP contribution < -0.4 is 15.6 Å². The van der Waals surface area contributed by atoms with Crippen LogP contribution in [0.25, 0.3) is 6.08 Å². The summed E-state index contributed by atoms with van der Waals surface area (Å²) < 4.78 is 24.5. The van der Waals surface area contributed by atoms with Crippen molar-refractivity contribution in [1.82, 2.24) is 4.81 Å². The standard InChI is InChI=1S/C16H18BN2/c1-13-8-9-16(18(2)12-13)17-15-7-5-4-6-14(15)10-11-19(17)3/h4-12H,1-3H3/q+1/i1D3. The van der Waals surface area contributed by atoms with Gasteiger partial charge in [0.15, 0.2) is 11.8 Å². The minimum Gasteiger partial charge on any atom is -0.411 e. The highest BCUT2D eigenvalue weighted by Gasteiger charge is 2.34. The lowest BCUT2D eigenvalue weighted by molar-refractivity contribution is -0.654. The summed E-state index contributed by atoms with van der Waals surface area (Å²) in [5.41, 5.74) is 3.85. The Kier molecular flexibility index (Phi) is 2.16. The SMILES string of the molecule is [2H]C([2H])([2H])c1ccc(B2c3ccccc3C=CN2C)[n+](C)c1. The molecule has 3 rings (SSSR count). The highest BCUT2D eigenvalue weighted by molar-refractivity contribution is 6.82. The Hall–Kier alpha value is -2.03. The van der Waals surface area contributed by atoms with E-state index in [-0.39, 0.29) is 6.85 Å². The third kappa shape index (κ3) is 2.05. The number of hydrogen-bond acceptors (Lipinski definition) is 1. The Balaban J connectivity index is 2.09. The van der Waals surface area contributed by atoms with E-state index in [1.54, 1.807) is 12.3 Å². The van der Waals surface area contributed by atoms with Gasteiger partial charge in [0.05, 0.1) is 0 Å². The van der Waals surface area contributed by atoms with Crippen LogP contribution in [-0.4, -0.2) is 18.7 Å². The number of aryl methyl sites for hydroxylation is 2. The van der Waals surface area contributed by atoms with Crippen molar-refractivity contribution in [3.63, 3.8) is 0 Å². The molecule has 1 aromatic heterocycles. The number of rotatable bonds is 1. The fourth-order valence-electron chi connectivity index (χ4n) is 2.69. The topological polar surface area (TPSA) is 7.12 Å². The molecule has 0 radical (unpaired) electrons. The molecule has 0 aliphatic carbocycles. The fourth-order valence-corrected chi connectivity index (χ4v) is 2.69. The van der Waals surface area contributed by atoms with E-state index in [1.807, 2.05) is 36.9 Å². The summed E-state index contributed by atoms with van der Waals surface area (Å²) in [6.45, 7) is -2.00. The molecule has 2 heterocycles. The van der Waals surface area contributed by atoms with E-state index in [0.717, 1.165) is 5.59 Å². The zero-order chi connectivity index (χ0) is 15.9. The molecule has 0 spiro atoms. The highest BCUT2D eigenvalue weighted by atomic mass is 15.0. The summed E-state index contributed by atoms with van der Waals surface area (Å²) in [5.74, 6) is 0. The van der Waals surface area contributed by atoms with Crippen molar-refractivity contribution in [1.29, 1.82) is 0 Å². The molecule has 19 heavy (non-hydrogen) atoms. The molecule has 1 aromatic carbocycles. The first-order chi connectivity index (χ1) is 10.4. The molecule has 0 unspecified atom stereocenters. The minimum absolute atomic E-state index is 0.0804. The van der Waals surface area contributed by atoms with Gasteiger partial charge in [0, 0.05) is 9.68 Å². The van der Waals surface area contributed by atoms with Gasteiger partial charge in [-0.3, -0.25) is 0 Å². The zero-order valence-corrected chi connectivity index (χ0v) is 11.2. The molecule has 1 aliphatic heterocycles. The Morgan fingerprint density at radius 3 is 2.84 bits per heavy atom. The number of hydrogen-bond donors (Lipinski definition) is 0. The summed E-state index contributed by atoms with van der Waals surface area (Å²) >= 11 is 0. The van der Waals surface area contributed by atoms with Crippen molar-refractivity contribution in [3.05, 3.63) is 59.9 Å². The number of benzene rings is 1. The zero-order valence-electron chi connectivity index (χ0n) is 14.2. The van der Waals surface area contributed by atoms with Crippen LogP contribution in [-0.2, 0) is 7.05 Å².